The van der Waals surface area contributed by atoms with Crippen LogP contribution in [0.2, 0.25) is 5.02 Å². The molecule has 1 aromatic heterocycles. The molecule has 0 bridgehead atoms. The number of para-hydroxylation sites is 1. The van der Waals surface area contributed by atoms with E-state index >= 15 is 0 Å². The Balaban J connectivity index is 0.00000361. The van der Waals surface area contributed by atoms with Gasteiger partial charge in [-0.1, -0.05) is 59.8 Å². The zero-order valence-corrected chi connectivity index (χ0v) is 23.5. The van der Waals surface area contributed by atoms with Crippen molar-refractivity contribution in [1.29, 1.82) is 0 Å². The molecule has 0 aliphatic heterocycles. The molecule has 0 atom stereocenters. The number of aromatic nitrogens is 4. The van der Waals surface area contributed by atoms with Crippen molar-refractivity contribution < 1.29 is 9.47 Å². The molecular weight excluding hydrogens is 585 g/mol. The smallest absolute Gasteiger partial charge is 0.214 e. The SMILES string of the molecule is CCOc1cc(CNCCSc2nnnn2-c2ccccc2)cc(Br)c1OCc1ccccc1Cl.Cl. The Morgan fingerprint density at radius 2 is 1.83 bits per heavy atom. The van der Waals surface area contributed by atoms with Crippen molar-refractivity contribution in [2.75, 3.05) is 18.9 Å². The van der Waals surface area contributed by atoms with Crippen LogP contribution in [-0.4, -0.2) is 39.1 Å². The van der Waals surface area contributed by atoms with Crippen LogP contribution in [0.1, 0.15) is 18.1 Å². The van der Waals surface area contributed by atoms with Crippen molar-refractivity contribution in [1.82, 2.24) is 25.5 Å². The summed E-state index contributed by atoms with van der Waals surface area (Å²) in [5, 5.41) is 17.0. The van der Waals surface area contributed by atoms with Gasteiger partial charge in [0.15, 0.2) is 11.5 Å². The van der Waals surface area contributed by atoms with E-state index in [-0.39, 0.29) is 12.4 Å². The Kier molecular flexibility index (Phi) is 11.3. The Bertz CT molecular complexity index is 1250. The van der Waals surface area contributed by atoms with Crippen molar-refractivity contribution >= 4 is 51.7 Å². The summed E-state index contributed by atoms with van der Waals surface area (Å²) in [5.74, 6) is 2.19. The Labute approximate surface area is 234 Å². The first-order valence-electron chi connectivity index (χ1n) is 11.1. The molecule has 190 valence electrons. The van der Waals surface area contributed by atoms with Gasteiger partial charge < -0.3 is 14.8 Å². The highest BCUT2D eigenvalue weighted by Crippen LogP contribution is 2.38. The maximum atomic E-state index is 6.27. The summed E-state index contributed by atoms with van der Waals surface area (Å²) in [6.07, 6.45) is 0. The molecule has 4 rings (SSSR count). The third-order valence-electron chi connectivity index (χ3n) is 4.98. The Morgan fingerprint density at radius 3 is 2.61 bits per heavy atom. The van der Waals surface area contributed by atoms with Crippen molar-refractivity contribution in [2.45, 2.75) is 25.2 Å². The molecule has 0 aliphatic carbocycles. The largest absolute Gasteiger partial charge is 0.490 e. The van der Waals surface area contributed by atoms with Gasteiger partial charge >= 0.3 is 0 Å². The summed E-state index contributed by atoms with van der Waals surface area (Å²) in [5.41, 5.74) is 2.95. The predicted molar refractivity (Wildman–Crippen MR) is 150 cm³/mol. The summed E-state index contributed by atoms with van der Waals surface area (Å²) in [7, 11) is 0. The van der Waals surface area contributed by atoms with Crippen LogP contribution in [0.15, 0.2) is 76.4 Å². The van der Waals surface area contributed by atoms with Crippen LogP contribution in [0.25, 0.3) is 5.69 Å². The summed E-state index contributed by atoms with van der Waals surface area (Å²) in [4.78, 5) is 0. The molecule has 0 unspecified atom stereocenters. The summed E-state index contributed by atoms with van der Waals surface area (Å²) in [6.45, 7) is 4.33. The van der Waals surface area contributed by atoms with Crippen LogP contribution in [0, 0.1) is 0 Å². The lowest BCUT2D eigenvalue weighted by molar-refractivity contribution is 0.267. The number of rotatable bonds is 12. The minimum absolute atomic E-state index is 0. The van der Waals surface area contributed by atoms with Crippen LogP contribution in [0.5, 0.6) is 11.5 Å². The molecule has 4 aromatic rings. The molecule has 3 aromatic carbocycles. The van der Waals surface area contributed by atoms with Crippen molar-refractivity contribution in [3.05, 3.63) is 87.4 Å². The van der Waals surface area contributed by atoms with E-state index < -0.39 is 0 Å². The van der Waals surface area contributed by atoms with E-state index in [4.69, 9.17) is 21.1 Å². The van der Waals surface area contributed by atoms with Gasteiger partial charge in [-0.3, -0.25) is 0 Å². The topological polar surface area (TPSA) is 74.1 Å². The Hall–Kier alpha value is -2.30. The quantitative estimate of drug-likeness (QED) is 0.148. The van der Waals surface area contributed by atoms with Crippen molar-refractivity contribution in [3.8, 4) is 17.2 Å². The fourth-order valence-electron chi connectivity index (χ4n) is 3.34. The standard InChI is InChI=1S/C25H25BrClN5O2S.ClH/c1-2-33-23-15-18(14-21(26)24(23)34-17-19-8-6-7-11-22(19)27)16-28-12-13-35-25-29-30-31-32(25)20-9-4-3-5-10-20;/h3-11,14-15,28H,2,12-13,16-17H2,1H3;1H. The normalized spacial score (nSPS) is 10.6. The van der Waals surface area contributed by atoms with Gasteiger partial charge in [0.25, 0.3) is 0 Å². The lowest BCUT2D eigenvalue weighted by atomic mass is 10.2. The van der Waals surface area contributed by atoms with E-state index in [1.807, 2.05) is 73.7 Å². The van der Waals surface area contributed by atoms with E-state index in [0.29, 0.717) is 36.3 Å². The number of tetrazole rings is 1. The fraction of sp³-hybridized carbons (Fsp3) is 0.240. The van der Waals surface area contributed by atoms with Gasteiger partial charge in [0.05, 0.1) is 16.8 Å². The van der Waals surface area contributed by atoms with E-state index in [2.05, 4.69) is 36.8 Å². The van der Waals surface area contributed by atoms with Crippen molar-refractivity contribution in [3.63, 3.8) is 0 Å². The van der Waals surface area contributed by atoms with E-state index in [1.165, 1.54) is 0 Å². The highest BCUT2D eigenvalue weighted by atomic mass is 79.9. The fourth-order valence-corrected chi connectivity index (χ4v) is 4.92. The van der Waals surface area contributed by atoms with Gasteiger partial charge in [-0.25, -0.2) is 0 Å². The number of hydrogen-bond donors (Lipinski definition) is 1. The molecule has 1 N–H and O–H groups in total. The average Bonchev–Trinajstić information content (AvgIpc) is 3.34. The molecule has 11 heteroatoms. The second kappa shape index (κ2) is 14.4. The highest BCUT2D eigenvalue weighted by Gasteiger charge is 2.14. The van der Waals surface area contributed by atoms with Crippen LogP contribution in [0.3, 0.4) is 0 Å². The number of nitrogens with one attached hydrogen (secondary N) is 1. The molecule has 0 radical (unpaired) electrons. The minimum Gasteiger partial charge on any atom is -0.490 e. The van der Waals surface area contributed by atoms with Crippen LogP contribution in [-0.2, 0) is 13.2 Å². The summed E-state index contributed by atoms with van der Waals surface area (Å²) in [6, 6.07) is 21.6. The van der Waals surface area contributed by atoms with Gasteiger partial charge in [0.1, 0.15) is 6.61 Å². The molecule has 0 saturated carbocycles. The zero-order chi connectivity index (χ0) is 24.5. The minimum atomic E-state index is 0. The van der Waals surface area contributed by atoms with E-state index in [0.717, 1.165) is 38.7 Å². The summed E-state index contributed by atoms with van der Waals surface area (Å²) < 4.78 is 14.5. The molecule has 0 fully saturated rings. The molecule has 0 spiro atoms. The molecule has 1 heterocycles. The number of nitrogens with zero attached hydrogens (tertiary/aromatic N) is 4. The first kappa shape index (κ1) is 28.3. The average molecular weight is 611 g/mol. The molecular formula is C25H26BrCl2N5O2S. The van der Waals surface area contributed by atoms with Crippen LogP contribution in [0.4, 0.5) is 0 Å². The van der Waals surface area contributed by atoms with Gasteiger partial charge in [-0.05, 0) is 69.2 Å². The van der Waals surface area contributed by atoms with Gasteiger partial charge in [-0.15, -0.1) is 17.5 Å². The highest BCUT2D eigenvalue weighted by molar-refractivity contribution is 9.10. The van der Waals surface area contributed by atoms with E-state index in [1.54, 1.807) is 16.4 Å². The molecule has 0 aliphatic rings. The lowest BCUT2D eigenvalue weighted by Crippen LogP contribution is -2.17. The van der Waals surface area contributed by atoms with E-state index in [9.17, 15) is 0 Å². The van der Waals surface area contributed by atoms with Gasteiger partial charge in [-0.2, -0.15) is 4.68 Å². The van der Waals surface area contributed by atoms with Crippen molar-refractivity contribution in [2.24, 2.45) is 0 Å². The Morgan fingerprint density at radius 1 is 1.06 bits per heavy atom. The summed E-state index contributed by atoms with van der Waals surface area (Å²) >= 11 is 11.5. The number of ether oxygens (including phenoxy) is 2. The third-order valence-corrected chi connectivity index (χ3v) is 6.86. The van der Waals surface area contributed by atoms with Crippen LogP contribution >= 0.6 is 51.7 Å². The molecule has 36 heavy (non-hydrogen) atoms. The third kappa shape index (κ3) is 7.60. The second-order valence-corrected chi connectivity index (χ2v) is 9.78. The second-order valence-electron chi connectivity index (χ2n) is 7.45. The van der Waals surface area contributed by atoms with Crippen LogP contribution < -0.4 is 14.8 Å². The maximum Gasteiger partial charge on any atom is 0.214 e. The number of hydrogen-bond acceptors (Lipinski definition) is 7. The monoisotopic (exact) mass is 609 g/mol. The van der Waals surface area contributed by atoms with Gasteiger partial charge in [0.2, 0.25) is 5.16 Å². The zero-order valence-electron chi connectivity index (χ0n) is 19.6. The first-order chi connectivity index (χ1) is 17.2. The molecule has 0 amide bonds. The molecule has 7 nitrogen and oxygen atoms in total. The number of halogens is 3. The van der Waals surface area contributed by atoms with Gasteiger partial charge in [0, 0.05) is 29.4 Å². The molecule has 0 saturated heterocycles. The first-order valence-corrected chi connectivity index (χ1v) is 13.3. The number of benzene rings is 3. The lowest BCUT2D eigenvalue weighted by Gasteiger charge is -2.16. The number of thioether (sulfide) groups is 1. The maximum absolute atomic E-state index is 6.27. The predicted octanol–water partition coefficient (Wildman–Crippen LogP) is 6.36.